The lowest BCUT2D eigenvalue weighted by Gasteiger charge is -2.41. The smallest absolute Gasteiger partial charge is 0.230 e. The molecule has 8 saturated heterocycles. The average molecular weight is 2000 g/mol. The molecule has 8 unspecified atom stereocenters. The number of aliphatic hydroxyl groups is 3. The largest absolute Gasteiger partial charge is 0.390 e. The number of nitrogens with zero attached hydrogens (tertiary/aromatic N) is 20. The summed E-state index contributed by atoms with van der Waals surface area (Å²) in [6, 6.07) is 22.0. The molecule has 4 spiro atoms. The predicted octanol–water partition coefficient (Wildman–Crippen LogP) is 13.6. The first-order valence-corrected chi connectivity index (χ1v) is 48.6. The predicted molar refractivity (Wildman–Crippen MR) is 506 cm³/mol. The van der Waals surface area contributed by atoms with Crippen molar-refractivity contribution in [1.29, 1.82) is 0 Å². The maximum Gasteiger partial charge on any atom is 0.230 e. The van der Waals surface area contributed by atoms with Gasteiger partial charge in [-0.2, -0.15) is 29.2 Å². The van der Waals surface area contributed by atoms with Crippen molar-refractivity contribution in [3.8, 4) is 0 Å². The van der Waals surface area contributed by atoms with Crippen LogP contribution in [0.1, 0.15) is 102 Å². The lowest BCUT2D eigenvalue weighted by atomic mass is 9.73. The molecule has 4 aromatic carbocycles. The first-order valence-electron chi connectivity index (χ1n) is 42.3. The number of fused-ring (bicyclic) bond motifs is 4. The number of aromatic nitrogens is 16. The highest BCUT2D eigenvalue weighted by atomic mass is 35.5. The van der Waals surface area contributed by atoms with Gasteiger partial charge >= 0.3 is 0 Å². The minimum atomic E-state index is -0.282. The lowest BCUT2D eigenvalue weighted by Crippen LogP contribution is -2.51. The van der Waals surface area contributed by atoms with Crippen LogP contribution in [0.2, 0.25) is 40.2 Å². The third-order valence-corrected chi connectivity index (χ3v) is 35.1. The van der Waals surface area contributed by atoms with Crippen LogP contribution in [-0.4, -0.2) is 221 Å². The van der Waals surface area contributed by atoms with E-state index in [4.69, 9.17) is 166 Å². The van der Waals surface area contributed by atoms with Gasteiger partial charge in [0.05, 0.1) is 129 Å². The molecule has 0 radical (unpaired) electrons. The number of aliphatic hydroxyl groups excluding tert-OH is 3. The Morgan fingerprint density at radius 3 is 1.01 bits per heavy atom. The van der Waals surface area contributed by atoms with Crippen LogP contribution < -0.4 is 54.0 Å². The number of benzene rings is 4. The normalized spacial score (nSPS) is 22.8. The second-order valence-electron chi connectivity index (χ2n) is 34.0. The van der Waals surface area contributed by atoms with E-state index in [0.29, 0.717) is 151 Å². The van der Waals surface area contributed by atoms with Crippen molar-refractivity contribution >= 4 is 198 Å². The van der Waals surface area contributed by atoms with Crippen LogP contribution in [0, 0.1) is 28.6 Å². The molecule has 15 N–H and O–H groups in total. The third kappa shape index (κ3) is 18.0. The van der Waals surface area contributed by atoms with Crippen LogP contribution in [0.4, 0.5) is 35.4 Å². The molecule has 0 bridgehead atoms. The summed E-state index contributed by atoms with van der Waals surface area (Å²) < 4.78 is 30.5. The van der Waals surface area contributed by atoms with Gasteiger partial charge in [0.1, 0.15) is 37.5 Å². The molecule has 8 fully saturated rings. The van der Waals surface area contributed by atoms with Crippen molar-refractivity contribution in [3.05, 3.63) is 149 Å². The monoisotopic (exact) mass is 1990 g/mol. The Kier molecular flexibility index (Phi) is 28.3. The number of ether oxygens (including phenoxy) is 4. The van der Waals surface area contributed by atoms with Crippen molar-refractivity contribution < 1.29 is 34.3 Å². The molecule has 16 heterocycles. The fourth-order valence-electron chi connectivity index (χ4n) is 18.6. The molecule has 8 aromatic heterocycles. The Hall–Kier alpha value is -6.84. The van der Waals surface area contributed by atoms with E-state index in [1.807, 2.05) is 80.6 Å². The Morgan fingerprint density at radius 2 is 0.674 bits per heavy atom. The molecule has 129 heavy (non-hydrogen) atoms. The van der Waals surface area contributed by atoms with Crippen LogP contribution in [0.25, 0.3) is 22.6 Å². The van der Waals surface area contributed by atoms with E-state index in [1.54, 1.807) is 37.7 Å². The summed E-state index contributed by atoms with van der Waals surface area (Å²) in [5.74, 6) is 4.21. The molecular weight excluding hydrogens is 1900 g/mol. The first-order chi connectivity index (χ1) is 62.0. The minimum absolute atomic E-state index is 0.0101. The van der Waals surface area contributed by atoms with Crippen molar-refractivity contribution in [2.45, 2.75) is 194 Å². The highest BCUT2D eigenvalue weighted by Crippen LogP contribution is 2.51. The number of rotatable bonds is 15. The van der Waals surface area contributed by atoms with E-state index in [0.717, 1.165) is 140 Å². The van der Waals surface area contributed by atoms with Gasteiger partial charge in [-0.1, -0.05) is 164 Å². The lowest BCUT2D eigenvalue weighted by molar-refractivity contribution is 0.0972. The molecular formula is C84H98Cl8N26O7S4. The van der Waals surface area contributed by atoms with Crippen LogP contribution in [0.5, 0.6) is 0 Å². The number of hydrogen-bond acceptors (Lipinski definition) is 33. The number of anilines is 6. The van der Waals surface area contributed by atoms with E-state index in [2.05, 4.69) is 67.1 Å². The molecule has 8 aliphatic rings. The molecule has 8 atom stereocenters. The van der Waals surface area contributed by atoms with Gasteiger partial charge in [-0.15, -0.1) is 20.4 Å². The number of halogens is 8. The zero-order valence-corrected chi connectivity index (χ0v) is 80.3. The molecule has 686 valence electrons. The van der Waals surface area contributed by atoms with Crippen molar-refractivity contribution in [1.82, 2.24) is 78.3 Å². The summed E-state index contributed by atoms with van der Waals surface area (Å²) in [6.07, 6.45) is 10.6. The zero-order chi connectivity index (χ0) is 90.9. The van der Waals surface area contributed by atoms with Crippen molar-refractivity contribution in [2.75, 3.05) is 110 Å². The molecule has 0 saturated carbocycles. The minimum Gasteiger partial charge on any atom is -0.390 e. The standard InChI is InChI=1S/C22H26Cl2N6O2S.C21H25Cl2N7O2S.C21H24Cl2N6O2S.C20H23Cl2N7OS/c1-12-18(33-15-5-3-4-14(23)17(15)24)20-28-27-16(10-31)30(20)21(26-12)29-8-6-22(7-9-29)11-32-13(2)19(22)25;1-11-17(24)21(10-32-11)5-7-29(8-6-21)20-26-18(25)16(19-28-27-14(9-31)30(19)20)33-13-4-2-3-12(22)15(13)23;1-12-18(24)21(10-31-12)5-7-28(8-6-21)20-27-14(9-30)17(19-25-11-26-29(19)20)32-15-4-2-3-13(22)16(15)23;1-11-16(23)20(9-30-11)5-7-28(8-6-20)19-27-17(24)15(18-25-10-26-29(18)19)31-13-4-2-3-12(21)14(13)22/h3-5,13,19,31H,6-11,25H2,1-2H3;2-4,11,17,31H,5-10,24-25H2,1H3;2-4,11-12,18,30H,5-10,24H2,1H3;2-4,10-11,16H,5-9,23-24H2,1H3. The van der Waals surface area contributed by atoms with E-state index < -0.39 is 0 Å². The molecule has 12 aromatic rings. The topological polar surface area (TPSA) is 439 Å². The zero-order valence-electron chi connectivity index (χ0n) is 71.0. The van der Waals surface area contributed by atoms with Gasteiger partial charge in [0.25, 0.3) is 0 Å². The van der Waals surface area contributed by atoms with Gasteiger partial charge in [-0.25, -0.2) is 28.7 Å². The fraction of sp³-hybridized carbons (Fsp3) is 0.476. The summed E-state index contributed by atoms with van der Waals surface area (Å²) in [7, 11) is 0. The number of nitrogen functional groups attached to an aromatic ring is 2. The highest BCUT2D eigenvalue weighted by Gasteiger charge is 2.52. The number of piperidine rings is 4. The number of aryl methyl sites for hydroxylation is 1. The molecule has 0 aliphatic carbocycles. The summed E-state index contributed by atoms with van der Waals surface area (Å²) in [4.78, 5) is 42.7. The van der Waals surface area contributed by atoms with Crippen molar-refractivity contribution in [3.63, 3.8) is 0 Å². The van der Waals surface area contributed by atoms with Gasteiger partial charge < -0.3 is 88.3 Å². The van der Waals surface area contributed by atoms with E-state index in [1.165, 1.54) is 59.7 Å². The summed E-state index contributed by atoms with van der Waals surface area (Å²) in [5.41, 5.74) is 42.5. The van der Waals surface area contributed by atoms with Gasteiger partial charge in [-0.05, 0) is 135 Å². The Bertz CT molecular complexity index is 5950. The van der Waals surface area contributed by atoms with Crippen LogP contribution in [-0.2, 0) is 38.8 Å². The second-order valence-corrected chi connectivity index (χ2v) is 41.3. The highest BCUT2D eigenvalue weighted by molar-refractivity contribution is 8.00. The Balaban J connectivity index is 0.000000121. The third-order valence-electron chi connectivity index (χ3n) is 26.6. The molecule has 45 heteroatoms. The van der Waals surface area contributed by atoms with Gasteiger partial charge in [0.15, 0.2) is 34.2 Å². The maximum absolute atomic E-state index is 10.1. The van der Waals surface area contributed by atoms with E-state index in [9.17, 15) is 15.3 Å². The van der Waals surface area contributed by atoms with Gasteiger partial charge in [0.2, 0.25) is 23.8 Å². The first kappa shape index (κ1) is 93.9. The van der Waals surface area contributed by atoms with E-state index >= 15 is 0 Å². The van der Waals surface area contributed by atoms with E-state index in [-0.39, 0.29) is 90.1 Å². The molecule has 8 aliphatic heterocycles. The Labute approximate surface area is 800 Å². The molecule has 33 nitrogen and oxygen atoms in total. The SMILES string of the molecule is CC1OCC2(CCN(c3nc(CO)c(Sc4cccc(Cl)c4Cl)c4ncnn34)CC2)C1N.CC1OCC2(CCN(c3nc(N)c(Sc4cccc(Cl)c4Cl)c4ncnn34)CC2)C1N.CC1OCC2(CCN(c3nc(N)c(Sc4cccc(Cl)c4Cl)c4nnc(CO)n34)CC2)C1N.Cc1nc(N2CCC3(CC2)COC(C)C3N)n2c(CO)nnc2c1Sc1cccc(Cl)c1Cl. The summed E-state index contributed by atoms with van der Waals surface area (Å²) in [6.45, 7) is 18.4. The maximum atomic E-state index is 10.1. The van der Waals surface area contributed by atoms with Gasteiger partial charge in [-0.3, -0.25) is 0 Å². The number of hydrogen-bond donors (Lipinski definition) is 9. The second kappa shape index (κ2) is 38.9. The molecule has 20 rings (SSSR count). The van der Waals surface area contributed by atoms with Crippen molar-refractivity contribution in [2.24, 2.45) is 44.6 Å². The van der Waals surface area contributed by atoms with Crippen LogP contribution in [0.3, 0.4) is 0 Å². The Morgan fingerprint density at radius 1 is 0.380 bits per heavy atom. The fourth-order valence-corrected chi connectivity index (χ4v) is 24.4. The van der Waals surface area contributed by atoms with Crippen LogP contribution >= 0.6 is 140 Å². The summed E-state index contributed by atoms with van der Waals surface area (Å²) >= 11 is 55.8. The van der Waals surface area contributed by atoms with Crippen LogP contribution in [0.15, 0.2) is 125 Å². The molecule has 0 amide bonds. The average Bonchev–Trinajstić information content (AvgIpc) is 1.64. The quantitative estimate of drug-likeness (QED) is 0.0460. The number of nitrogens with two attached hydrogens (primary N) is 6. The van der Waals surface area contributed by atoms with Gasteiger partial charge in [0, 0.05) is 118 Å². The summed E-state index contributed by atoms with van der Waals surface area (Å²) in [5, 5.41) is 59.7.